The average molecular weight is 309 g/mol. The van der Waals surface area contributed by atoms with Crippen LogP contribution in [0.3, 0.4) is 0 Å². The Labute approximate surface area is 126 Å². The fourth-order valence-electron chi connectivity index (χ4n) is 1.95. The zero-order chi connectivity index (χ0) is 15.4. The molecule has 110 valence electrons. The first-order valence-electron chi connectivity index (χ1n) is 6.27. The Balaban J connectivity index is 2.40. The second-order valence-electron chi connectivity index (χ2n) is 4.37. The molecule has 2 aromatic rings. The highest BCUT2D eigenvalue weighted by molar-refractivity contribution is 6.31. The Kier molecular flexibility index (Phi) is 4.77. The number of anilines is 2. The number of nitrogens with two attached hydrogens (primary N) is 1. The molecule has 0 aliphatic heterocycles. The largest absolute Gasteiger partial charge is 0.397 e. The normalized spacial score (nSPS) is 10.4. The predicted molar refractivity (Wildman–Crippen MR) is 81.0 cm³/mol. The van der Waals surface area contributed by atoms with E-state index in [0.29, 0.717) is 11.4 Å². The molecular weight excluding hydrogens is 295 g/mol. The molecule has 0 aliphatic rings. The average Bonchev–Trinajstić information content (AvgIpc) is 2.48. The van der Waals surface area contributed by atoms with Crippen molar-refractivity contribution in [3.63, 3.8) is 0 Å². The number of aliphatic hydroxyl groups is 1. The molecule has 0 bridgehead atoms. The van der Waals surface area contributed by atoms with Gasteiger partial charge in [-0.25, -0.2) is 4.39 Å². The van der Waals surface area contributed by atoms with Gasteiger partial charge in [0.1, 0.15) is 5.82 Å². The number of rotatable bonds is 4. The lowest BCUT2D eigenvalue weighted by atomic mass is 10.1. The summed E-state index contributed by atoms with van der Waals surface area (Å²) in [6.07, 6.45) is 0. The van der Waals surface area contributed by atoms with Crippen LogP contribution >= 0.6 is 11.6 Å². The maximum absolute atomic E-state index is 13.2. The summed E-state index contributed by atoms with van der Waals surface area (Å²) in [7, 11) is 0. The van der Waals surface area contributed by atoms with Gasteiger partial charge in [-0.3, -0.25) is 4.79 Å². The van der Waals surface area contributed by atoms with Crippen LogP contribution in [-0.4, -0.2) is 24.2 Å². The van der Waals surface area contributed by atoms with E-state index in [2.05, 4.69) is 0 Å². The molecule has 0 heterocycles. The van der Waals surface area contributed by atoms with Crippen LogP contribution in [-0.2, 0) is 0 Å². The molecule has 21 heavy (non-hydrogen) atoms. The fraction of sp³-hybridized carbons (Fsp3) is 0.133. The molecule has 0 fully saturated rings. The molecule has 2 aromatic carbocycles. The lowest BCUT2D eigenvalue weighted by Crippen LogP contribution is -2.34. The van der Waals surface area contributed by atoms with Crippen molar-refractivity contribution in [2.75, 3.05) is 23.8 Å². The standard InChI is InChI=1S/C15H14ClFN2O2/c16-11-9-10(5-6-12(11)17)15(21)19(7-8-20)14-4-2-1-3-13(14)18/h1-6,9,20H,7-8,18H2. The van der Waals surface area contributed by atoms with Crippen molar-refractivity contribution in [1.29, 1.82) is 0 Å². The molecule has 4 nitrogen and oxygen atoms in total. The van der Waals surface area contributed by atoms with Gasteiger partial charge in [-0.15, -0.1) is 0 Å². The van der Waals surface area contributed by atoms with E-state index in [9.17, 15) is 9.18 Å². The number of carbonyl (C=O) groups excluding carboxylic acids is 1. The van der Waals surface area contributed by atoms with Gasteiger partial charge in [0, 0.05) is 12.1 Å². The van der Waals surface area contributed by atoms with Crippen LogP contribution < -0.4 is 10.6 Å². The highest BCUT2D eigenvalue weighted by atomic mass is 35.5. The quantitative estimate of drug-likeness (QED) is 0.853. The van der Waals surface area contributed by atoms with Gasteiger partial charge >= 0.3 is 0 Å². The van der Waals surface area contributed by atoms with E-state index in [1.165, 1.54) is 17.0 Å². The van der Waals surface area contributed by atoms with Gasteiger partial charge in [-0.2, -0.15) is 0 Å². The van der Waals surface area contributed by atoms with Gasteiger partial charge < -0.3 is 15.7 Å². The van der Waals surface area contributed by atoms with Crippen molar-refractivity contribution in [1.82, 2.24) is 0 Å². The number of aliphatic hydroxyl groups excluding tert-OH is 1. The zero-order valence-corrected chi connectivity index (χ0v) is 11.8. The molecule has 0 saturated carbocycles. The molecular formula is C15H14ClFN2O2. The van der Waals surface area contributed by atoms with Gasteiger partial charge in [-0.1, -0.05) is 23.7 Å². The molecule has 1 amide bonds. The Morgan fingerprint density at radius 3 is 2.62 bits per heavy atom. The van der Waals surface area contributed by atoms with E-state index in [1.54, 1.807) is 24.3 Å². The van der Waals surface area contributed by atoms with Crippen molar-refractivity contribution >= 4 is 28.9 Å². The predicted octanol–water partition coefficient (Wildman–Crippen LogP) is 2.70. The first-order valence-corrected chi connectivity index (χ1v) is 6.64. The van der Waals surface area contributed by atoms with Crippen LogP contribution in [0.25, 0.3) is 0 Å². The second-order valence-corrected chi connectivity index (χ2v) is 4.78. The third kappa shape index (κ3) is 3.32. The minimum Gasteiger partial charge on any atom is -0.397 e. The molecule has 0 aromatic heterocycles. The van der Waals surface area contributed by atoms with Crippen molar-refractivity contribution in [3.8, 4) is 0 Å². The summed E-state index contributed by atoms with van der Waals surface area (Å²) in [5, 5.41) is 9.03. The summed E-state index contributed by atoms with van der Waals surface area (Å²) < 4.78 is 13.2. The van der Waals surface area contributed by atoms with Crippen molar-refractivity contribution in [2.24, 2.45) is 0 Å². The first-order chi connectivity index (χ1) is 10.0. The molecule has 0 radical (unpaired) electrons. The topological polar surface area (TPSA) is 66.6 Å². The Morgan fingerprint density at radius 1 is 1.29 bits per heavy atom. The summed E-state index contributed by atoms with van der Waals surface area (Å²) in [4.78, 5) is 13.9. The Morgan fingerprint density at radius 2 is 2.00 bits per heavy atom. The third-order valence-electron chi connectivity index (χ3n) is 2.96. The minimum atomic E-state index is -0.596. The van der Waals surface area contributed by atoms with Gasteiger partial charge in [0.15, 0.2) is 0 Å². The van der Waals surface area contributed by atoms with Crippen LogP contribution in [0.15, 0.2) is 42.5 Å². The number of nitrogens with zero attached hydrogens (tertiary/aromatic N) is 1. The SMILES string of the molecule is Nc1ccccc1N(CCO)C(=O)c1ccc(F)c(Cl)c1. The highest BCUT2D eigenvalue weighted by Gasteiger charge is 2.20. The van der Waals surface area contributed by atoms with Crippen LogP contribution in [0.5, 0.6) is 0 Å². The molecule has 0 unspecified atom stereocenters. The van der Waals surface area contributed by atoms with Crippen LogP contribution in [0, 0.1) is 5.82 Å². The van der Waals surface area contributed by atoms with Crippen LogP contribution in [0.2, 0.25) is 5.02 Å². The summed E-state index contributed by atoms with van der Waals surface area (Å²) in [5.41, 5.74) is 6.97. The highest BCUT2D eigenvalue weighted by Crippen LogP contribution is 2.25. The lowest BCUT2D eigenvalue weighted by Gasteiger charge is -2.23. The number of para-hydroxylation sites is 2. The summed E-state index contributed by atoms with van der Waals surface area (Å²) in [6, 6.07) is 10.5. The number of amides is 1. The molecule has 2 rings (SSSR count). The van der Waals surface area contributed by atoms with Gasteiger partial charge in [0.25, 0.3) is 5.91 Å². The van der Waals surface area contributed by atoms with Crippen molar-refractivity contribution < 1.29 is 14.3 Å². The molecule has 6 heteroatoms. The maximum Gasteiger partial charge on any atom is 0.258 e. The number of halogens is 2. The number of carbonyl (C=O) groups is 1. The zero-order valence-electron chi connectivity index (χ0n) is 11.1. The lowest BCUT2D eigenvalue weighted by molar-refractivity contribution is 0.0981. The van der Waals surface area contributed by atoms with E-state index >= 15 is 0 Å². The summed E-state index contributed by atoms with van der Waals surface area (Å²) >= 11 is 5.70. The van der Waals surface area contributed by atoms with Crippen LogP contribution in [0.1, 0.15) is 10.4 Å². The second kappa shape index (κ2) is 6.56. The molecule has 0 aliphatic carbocycles. The number of nitrogen functional groups attached to an aromatic ring is 1. The van der Waals surface area contributed by atoms with Crippen LogP contribution in [0.4, 0.5) is 15.8 Å². The first kappa shape index (κ1) is 15.3. The van der Waals surface area contributed by atoms with E-state index in [4.69, 9.17) is 22.4 Å². The number of hydrogen-bond acceptors (Lipinski definition) is 3. The number of hydrogen-bond donors (Lipinski definition) is 2. The van der Waals surface area contributed by atoms with Gasteiger partial charge in [0.05, 0.1) is 23.0 Å². The molecule has 0 spiro atoms. The van der Waals surface area contributed by atoms with E-state index in [-0.39, 0.29) is 23.7 Å². The smallest absolute Gasteiger partial charge is 0.258 e. The Bertz CT molecular complexity index is 664. The molecule has 3 N–H and O–H groups in total. The molecule has 0 saturated heterocycles. The third-order valence-corrected chi connectivity index (χ3v) is 3.25. The van der Waals surface area contributed by atoms with E-state index < -0.39 is 11.7 Å². The van der Waals surface area contributed by atoms with Gasteiger partial charge in [-0.05, 0) is 30.3 Å². The molecule has 0 atom stereocenters. The summed E-state index contributed by atoms with van der Waals surface area (Å²) in [5.74, 6) is -1.01. The minimum absolute atomic E-state index is 0.0715. The number of benzene rings is 2. The fourth-order valence-corrected chi connectivity index (χ4v) is 2.13. The van der Waals surface area contributed by atoms with Crippen molar-refractivity contribution in [3.05, 3.63) is 58.9 Å². The maximum atomic E-state index is 13.2. The van der Waals surface area contributed by atoms with Crippen molar-refractivity contribution in [2.45, 2.75) is 0 Å². The Hall–Kier alpha value is -2.11. The monoisotopic (exact) mass is 308 g/mol. The van der Waals surface area contributed by atoms with E-state index in [0.717, 1.165) is 6.07 Å². The van der Waals surface area contributed by atoms with Gasteiger partial charge in [0.2, 0.25) is 0 Å². The summed E-state index contributed by atoms with van der Waals surface area (Å²) in [6.45, 7) is -0.156. The van der Waals surface area contributed by atoms with E-state index in [1.807, 2.05) is 0 Å².